The predicted molar refractivity (Wildman–Crippen MR) is 90.1 cm³/mol. The maximum atomic E-state index is 14.3. The Labute approximate surface area is 133 Å². The molecule has 4 heteroatoms. The number of hydrogen-bond acceptors (Lipinski definition) is 3. The fraction of sp³-hybridized carbons (Fsp3) is 0.667. The van der Waals surface area contributed by atoms with Crippen LogP contribution in [-0.4, -0.2) is 62.2 Å². The smallest absolute Gasteiger partial charge is 0.146 e. The highest BCUT2D eigenvalue weighted by atomic mass is 19.1. The van der Waals surface area contributed by atoms with Crippen molar-refractivity contribution in [2.75, 3.05) is 51.2 Å². The monoisotopic (exact) mass is 305 g/mol. The van der Waals surface area contributed by atoms with Gasteiger partial charge in [0.2, 0.25) is 0 Å². The van der Waals surface area contributed by atoms with Gasteiger partial charge in [0.05, 0.1) is 5.69 Å². The number of anilines is 1. The summed E-state index contributed by atoms with van der Waals surface area (Å²) in [6.07, 6.45) is 3.19. The molecule has 0 atom stereocenters. The van der Waals surface area contributed by atoms with Crippen molar-refractivity contribution in [3.05, 3.63) is 29.6 Å². The van der Waals surface area contributed by atoms with Gasteiger partial charge in [0.15, 0.2) is 0 Å². The van der Waals surface area contributed by atoms with E-state index in [9.17, 15) is 4.39 Å². The molecule has 0 bridgehead atoms. The molecule has 2 heterocycles. The van der Waals surface area contributed by atoms with Crippen LogP contribution in [0.15, 0.2) is 18.2 Å². The van der Waals surface area contributed by atoms with Crippen LogP contribution in [0.5, 0.6) is 0 Å². The minimum absolute atomic E-state index is 0.0580. The molecule has 0 spiro atoms. The van der Waals surface area contributed by atoms with Crippen molar-refractivity contribution < 1.29 is 4.39 Å². The molecule has 122 valence electrons. The largest absolute Gasteiger partial charge is 0.369 e. The van der Waals surface area contributed by atoms with Gasteiger partial charge in [0.25, 0.3) is 0 Å². The summed E-state index contributed by atoms with van der Waals surface area (Å²) >= 11 is 0. The van der Waals surface area contributed by atoms with Gasteiger partial charge in [0, 0.05) is 45.3 Å². The molecule has 0 radical (unpaired) electrons. The lowest BCUT2D eigenvalue weighted by Gasteiger charge is -2.42. The van der Waals surface area contributed by atoms with E-state index in [1.807, 2.05) is 6.07 Å². The van der Waals surface area contributed by atoms with Gasteiger partial charge in [0.1, 0.15) is 5.82 Å². The minimum atomic E-state index is -0.0580. The minimum Gasteiger partial charge on any atom is -0.369 e. The van der Waals surface area contributed by atoms with Gasteiger partial charge in [-0.15, -0.1) is 0 Å². The number of piperazine rings is 1. The van der Waals surface area contributed by atoms with Gasteiger partial charge in [-0.3, -0.25) is 4.90 Å². The Hall–Kier alpha value is -1.13. The number of piperidine rings is 1. The van der Waals surface area contributed by atoms with Gasteiger partial charge >= 0.3 is 0 Å². The number of benzene rings is 1. The van der Waals surface area contributed by atoms with Crippen LogP contribution in [0.3, 0.4) is 0 Å². The summed E-state index contributed by atoms with van der Waals surface area (Å²) in [6.45, 7) is 8.72. The molecule has 1 aromatic carbocycles. The molecule has 3 rings (SSSR count). The third kappa shape index (κ3) is 3.44. The van der Waals surface area contributed by atoms with Crippen molar-refractivity contribution in [2.24, 2.45) is 0 Å². The molecule has 2 aliphatic heterocycles. The third-order valence-corrected chi connectivity index (χ3v) is 5.28. The maximum absolute atomic E-state index is 14.3. The molecule has 2 fully saturated rings. The normalized spacial score (nSPS) is 22.2. The summed E-state index contributed by atoms with van der Waals surface area (Å²) in [5.74, 6) is -0.0580. The number of hydrogen-bond donors (Lipinski definition) is 0. The van der Waals surface area contributed by atoms with Crippen molar-refractivity contribution >= 4 is 5.69 Å². The lowest BCUT2D eigenvalue weighted by Crippen LogP contribution is -2.52. The SMILES string of the molecule is CCc1ccc(N2CCC(N3CCN(C)CC3)CC2)c(F)c1. The van der Waals surface area contributed by atoms with E-state index in [4.69, 9.17) is 0 Å². The molecule has 3 nitrogen and oxygen atoms in total. The zero-order valence-electron chi connectivity index (χ0n) is 13.9. The second-order valence-electron chi connectivity index (χ2n) is 6.70. The van der Waals surface area contributed by atoms with Crippen LogP contribution >= 0.6 is 0 Å². The first-order valence-corrected chi connectivity index (χ1v) is 8.63. The van der Waals surface area contributed by atoms with Crippen LogP contribution in [-0.2, 0) is 6.42 Å². The Morgan fingerprint density at radius 2 is 1.73 bits per heavy atom. The van der Waals surface area contributed by atoms with Crippen LogP contribution in [0.4, 0.5) is 10.1 Å². The van der Waals surface area contributed by atoms with E-state index in [2.05, 4.69) is 34.7 Å². The van der Waals surface area contributed by atoms with E-state index in [0.717, 1.165) is 43.6 Å². The van der Waals surface area contributed by atoms with E-state index in [-0.39, 0.29) is 5.82 Å². The fourth-order valence-electron chi connectivity index (χ4n) is 3.69. The fourth-order valence-corrected chi connectivity index (χ4v) is 3.69. The second kappa shape index (κ2) is 6.97. The van der Waals surface area contributed by atoms with Crippen molar-refractivity contribution in [1.82, 2.24) is 9.80 Å². The van der Waals surface area contributed by atoms with Crippen LogP contribution in [0.1, 0.15) is 25.3 Å². The number of aryl methyl sites for hydroxylation is 1. The van der Waals surface area contributed by atoms with Crippen molar-refractivity contribution in [3.63, 3.8) is 0 Å². The summed E-state index contributed by atoms with van der Waals surface area (Å²) < 4.78 is 14.3. The molecular weight excluding hydrogens is 277 g/mol. The van der Waals surface area contributed by atoms with Gasteiger partial charge in [-0.2, -0.15) is 0 Å². The first-order valence-electron chi connectivity index (χ1n) is 8.63. The highest BCUT2D eigenvalue weighted by Crippen LogP contribution is 2.26. The highest BCUT2D eigenvalue weighted by molar-refractivity contribution is 5.49. The highest BCUT2D eigenvalue weighted by Gasteiger charge is 2.27. The Kier molecular flexibility index (Phi) is 4.99. The van der Waals surface area contributed by atoms with E-state index in [1.54, 1.807) is 6.07 Å². The molecule has 0 N–H and O–H groups in total. The summed E-state index contributed by atoms with van der Waals surface area (Å²) in [5.41, 5.74) is 1.86. The first-order chi connectivity index (χ1) is 10.7. The van der Waals surface area contributed by atoms with E-state index in [0.29, 0.717) is 6.04 Å². The predicted octanol–water partition coefficient (Wildman–Crippen LogP) is 2.60. The molecule has 0 amide bonds. The number of nitrogens with zero attached hydrogens (tertiary/aromatic N) is 3. The molecule has 0 saturated carbocycles. The summed E-state index contributed by atoms with van der Waals surface area (Å²) in [4.78, 5) is 7.26. The molecule has 0 unspecified atom stereocenters. The van der Waals surface area contributed by atoms with E-state index < -0.39 is 0 Å². The number of likely N-dealkylation sites (N-methyl/N-ethyl adjacent to an activating group) is 1. The van der Waals surface area contributed by atoms with Crippen LogP contribution in [0.25, 0.3) is 0 Å². The standard InChI is InChI=1S/C18H28FN3/c1-3-15-4-5-18(17(19)14-15)22-8-6-16(7-9-22)21-12-10-20(2)11-13-21/h4-5,14,16H,3,6-13H2,1-2H3. The summed E-state index contributed by atoms with van der Waals surface area (Å²) in [7, 11) is 2.20. The summed E-state index contributed by atoms with van der Waals surface area (Å²) in [5, 5.41) is 0. The average Bonchev–Trinajstić information content (AvgIpc) is 2.56. The Balaban J connectivity index is 1.57. The molecule has 2 saturated heterocycles. The first kappa shape index (κ1) is 15.8. The maximum Gasteiger partial charge on any atom is 0.146 e. The number of rotatable bonds is 3. The lowest BCUT2D eigenvalue weighted by atomic mass is 10.0. The number of halogens is 1. The molecule has 1 aromatic rings. The second-order valence-corrected chi connectivity index (χ2v) is 6.70. The van der Waals surface area contributed by atoms with Crippen LogP contribution in [0, 0.1) is 5.82 Å². The Morgan fingerprint density at radius 3 is 2.32 bits per heavy atom. The van der Waals surface area contributed by atoms with Crippen molar-refractivity contribution in [2.45, 2.75) is 32.2 Å². The topological polar surface area (TPSA) is 9.72 Å². The Bertz CT molecular complexity index is 489. The zero-order valence-corrected chi connectivity index (χ0v) is 13.9. The summed E-state index contributed by atoms with van der Waals surface area (Å²) in [6, 6.07) is 6.40. The molecule has 0 aliphatic carbocycles. The average molecular weight is 305 g/mol. The lowest BCUT2D eigenvalue weighted by molar-refractivity contribution is 0.0981. The van der Waals surface area contributed by atoms with Gasteiger partial charge in [-0.25, -0.2) is 4.39 Å². The molecule has 22 heavy (non-hydrogen) atoms. The van der Waals surface area contributed by atoms with Crippen LogP contribution < -0.4 is 4.90 Å². The van der Waals surface area contributed by atoms with E-state index >= 15 is 0 Å². The zero-order chi connectivity index (χ0) is 15.5. The van der Waals surface area contributed by atoms with Gasteiger partial charge < -0.3 is 9.80 Å². The Morgan fingerprint density at radius 1 is 1.05 bits per heavy atom. The third-order valence-electron chi connectivity index (χ3n) is 5.28. The van der Waals surface area contributed by atoms with Gasteiger partial charge in [-0.1, -0.05) is 13.0 Å². The molecule has 0 aromatic heterocycles. The van der Waals surface area contributed by atoms with Crippen molar-refractivity contribution in [3.8, 4) is 0 Å². The van der Waals surface area contributed by atoms with E-state index in [1.165, 1.54) is 26.2 Å². The van der Waals surface area contributed by atoms with Crippen molar-refractivity contribution in [1.29, 1.82) is 0 Å². The molecule has 2 aliphatic rings. The molecular formula is C18H28FN3. The van der Waals surface area contributed by atoms with Gasteiger partial charge in [-0.05, 0) is 44.0 Å². The quantitative estimate of drug-likeness (QED) is 0.850. The van der Waals surface area contributed by atoms with Crippen LogP contribution in [0.2, 0.25) is 0 Å².